The first-order valence-corrected chi connectivity index (χ1v) is 5.92. The van der Waals surface area contributed by atoms with Crippen molar-refractivity contribution in [3.8, 4) is 0 Å². The Balaban J connectivity index is 2.24. The maximum absolute atomic E-state index is 11.6. The van der Waals surface area contributed by atoms with Crippen molar-refractivity contribution in [1.82, 2.24) is 5.32 Å². The van der Waals surface area contributed by atoms with Crippen LogP contribution in [-0.2, 0) is 4.79 Å². The molecule has 1 aliphatic carbocycles. The van der Waals surface area contributed by atoms with Crippen molar-refractivity contribution in [1.29, 1.82) is 0 Å². The van der Waals surface area contributed by atoms with Gasteiger partial charge < -0.3 is 11.1 Å². The van der Waals surface area contributed by atoms with Crippen LogP contribution >= 0.6 is 0 Å². The summed E-state index contributed by atoms with van der Waals surface area (Å²) in [4.78, 5) is 11.6. The average molecular weight is 210 g/mol. The molecule has 0 bridgehead atoms. The molecule has 0 spiro atoms. The van der Waals surface area contributed by atoms with Gasteiger partial charge >= 0.3 is 0 Å². The summed E-state index contributed by atoms with van der Waals surface area (Å²) in [5.74, 6) is 0.598. The average Bonchev–Trinajstić information content (AvgIpc) is 2.69. The highest BCUT2D eigenvalue weighted by atomic mass is 16.1. The van der Waals surface area contributed by atoms with Crippen molar-refractivity contribution in [2.45, 2.75) is 45.1 Å². The number of carbonyl (C=O) groups excluding carboxylic acids is 1. The monoisotopic (exact) mass is 210 g/mol. The first-order valence-electron chi connectivity index (χ1n) is 5.92. The summed E-state index contributed by atoms with van der Waals surface area (Å²) in [7, 11) is 0. The molecule has 15 heavy (non-hydrogen) atoms. The summed E-state index contributed by atoms with van der Waals surface area (Å²) >= 11 is 0. The molecule has 0 aliphatic heterocycles. The fourth-order valence-corrected chi connectivity index (χ4v) is 1.99. The van der Waals surface area contributed by atoms with Crippen molar-refractivity contribution in [2.75, 3.05) is 6.54 Å². The number of hydrogen-bond acceptors (Lipinski definition) is 2. The lowest BCUT2D eigenvalue weighted by Crippen LogP contribution is -2.40. The summed E-state index contributed by atoms with van der Waals surface area (Å²) in [5.41, 5.74) is 5.59. The lowest BCUT2D eigenvalue weighted by atomic mass is 10.0. The molecular weight excluding hydrogens is 188 g/mol. The molecule has 3 heteroatoms. The van der Waals surface area contributed by atoms with Gasteiger partial charge in [-0.3, -0.25) is 4.79 Å². The van der Waals surface area contributed by atoms with E-state index >= 15 is 0 Å². The van der Waals surface area contributed by atoms with Crippen molar-refractivity contribution in [2.24, 2.45) is 11.7 Å². The van der Waals surface area contributed by atoms with Crippen molar-refractivity contribution < 1.29 is 4.79 Å². The van der Waals surface area contributed by atoms with Crippen molar-refractivity contribution >= 4 is 5.91 Å². The lowest BCUT2D eigenvalue weighted by molar-refractivity contribution is -0.122. The van der Waals surface area contributed by atoms with E-state index < -0.39 is 0 Å². The minimum absolute atomic E-state index is 0.149. The molecule has 1 amide bonds. The quantitative estimate of drug-likeness (QED) is 0.654. The van der Waals surface area contributed by atoms with E-state index in [0.29, 0.717) is 18.9 Å². The van der Waals surface area contributed by atoms with Gasteiger partial charge in [-0.1, -0.05) is 25.5 Å². The van der Waals surface area contributed by atoms with E-state index in [1.165, 1.54) is 0 Å². The Morgan fingerprint density at radius 3 is 3.00 bits per heavy atom. The number of carbonyl (C=O) groups is 1. The van der Waals surface area contributed by atoms with E-state index in [0.717, 1.165) is 25.7 Å². The third-order valence-corrected chi connectivity index (χ3v) is 2.85. The van der Waals surface area contributed by atoms with Gasteiger partial charge in [0.2, 0.25) is 5.91 Å². The van der Waals surface area contributed by atoms with E-state index in [2.05, 4.69) is 24.4 Å². The van der Waals surface area contributed by atoms with Crippen LogP contribution in [0.1, 0.15) is 39.0 Å². The van der Waals surface area contributed by atoms with Gasteiger partial charge in [0.05, 0.1) is 0 Å². The molecule has 2 unspecified atom stereocenters. The zero-order valence-electron chi connectivity index (χ0n) is 9.54. The van der Waals surface area contributed by atoms with E-state index in [9.17, 15) is 4.79 Å². The van der Waals surface area contributed by atoms with Gasteiger partial charge in [-0.2, -0.15) is 0 Å². The number of nitrogens with two attached hydrogens (primary N) is 1. The Morgan fingerprint density at radius 1 is 1.67 bits per heavy atom. The summed E-state index contributed by atoms with van der Waals surface area (Å²) in [6.45, 7) is 2.65. The van der Waals surface area contributed by atoms with Gasteiger partial charge in [-0.25, -0.2) is 0 Å². The van der Waals surface area contributed by atoms with Crippen molar-refractivity contribution in [3.05, 3.63) is 12.2 Å². The Labute approximate surface area is 92.1 Å². The van der Waals surface area contributed by atoms with Gasteiger partial charge in [0.1, 0.15) is 0 Å². The zero-order chi connectivity index (χ0) is 11.1. The van der Waals surface area contributed by atoms with Crippen LogP contribution in [0.5, 0.6) is 0 Å². The molecule has 0 fully saturated rings. The Kier molecular flexibility index (Phi) is 5.40. The minimum Gasteiger partial charge on any atom is -0.352 e. The van der Waals surface area contributed by atoms with Crippen LogP contribution in [0.25, 0.3) is 0 Å². The molecule has 3 nitrogen and oxygen atoms in total. The Bertz CT molecular complexity index is 226. The molecule has 3 N–H and O–H groups in total. The number of amides is 1. The number of hydrogen-bond donors (Lipinski definition) is 2. The fraction of sp³-hybridized carbons (Fsp3) is 0.750. The Hall–Kier alpha value is -0.830. The normalized spacial score (nSPS) is 21.6. The molecule has 1 rings (SSSR count). The van der Waals surface area contributed by atoms with Crippen LogP contribution in [0.4, 0.5) is 0 Å². The van der Waals surface area contributed by atoms with Gasteiger partial charge in [-0.15, -0.1) is 0 Å². The lowest BCUT2D eigenvalue weighted by Gasteiger charge is -2.17. The predicted octanol–water partition coefficient (Wildman–Crippen LogP) is 1.59. The van der Waals surface area contributed by atoms with Gasteiger partial charge in [0.15, 0.2) is 0 Å². The highest BCUT2D eigenvalue weighted by molar-refractivity contribution is 5.76. The second-order valence-electron chi connectivity index (χ2n) is 4.26. The molecule has 86 valence electrons. The summed E-state index contributed by atoms with van der Waals surface area (Å²) in [6, 6.07) is 0.160. The van der Waals surface area contributed by atoms with E-state index in [4.69, 9.17) is 5.73 Å². The second-order valence-corrected chi connectivity index (χ2v) is 4.26. The SMILES string of the molecule is CCCC(CN)NC(=O)CC1C=CCC1. The largest absolute Gasteiger partial charge is 0.352 e. The van der Waals surface area contributed by atoms with E-state index in [-0.39, 0.29) is 11.9 Å². The molecule has 0 radical (unpaired) electrons. The molecule has 2 atom stereocenters. The molecule has 0 aromatic carbocycles. The molecule has 1 aliphatic rings. The Morgan fingerprint density at radius 2 is 2.47 bits per heavy atom. The van der Waals surface area contributed by atoms with Crippen molar-refractivity contribution in [3.63, 3.8) is 0 Å². The summed E-state index contributed by atoms with van der Waals surface area (Å²) < 4.78 is 0. The third kappa shape index (κ3) is 4.47. The third-order valence-electron chi connectivity index (χ3n) is 2.85. The number of allylic oxidation sites excluding steroid dienone is 2. The zero-order valence-corrected chi connectivity index (χ0v) is 9.54. The molecular formula is C12H22N2O. The fourth-order valence-electron chi connectivity index (χ4n) is 1.99. The molecule has 0 saturated heterocycles. The van der Waals surface area contributed by atoms with Crippen LogP contribution in [0.15, 0.2) is 12.2 Å². The molecule has 0 saturated carbocycles. The summed E-state index contributed by atoms with van der Waals surface area (Å²) in [5, 5.41) is 3.00. The molecule has 0 aromatic heterocycles. The predicted molar refractivity (Wildman–Crippen MR) is 62.4 cm³/mol. The summed E-state index contributed by atoms with van der Waals surface area (Å²) in [6.07, 6.45) is 9.20. The van der Waals surface area contributed by atoms with Crippen LogP contribution in [-0.4, -0.2) is 18.5 Å². The van der Waals surface area contributed by atoms with Crippen LogP contribution in [0.3, 0.4) is 0 Å². The first-order chi connectivity index (χ1) is 7.26. The highest BCUT2D eigenvalue weighted by Crippen LogP contribution is 2.20. The van der Waals surface area contributed by atoms with Crippen LogP contribution in [0, 0.1) is 5.92 Å². The highest BCUT2D eigenvalue weighted by Gasteiger charge is 2.15. The van der Waals surface area contributed by atoms with Gasteiger partial charge in [0, 0.05) is 19.0 Å². The minimum atomic E-state index is 0.149. The van der Waals surface area contributed by atoms with Gasteiger partial charge in [0.25, 0.3) is 0 Å². The first kappa shape index (κ1) is 12.2. The standard InChI is InChI=1S/C12H22N2O/c1-2-5-11(9-13)14-12(15)8-10-6-3-4-7-10/h3,6,10-11H,2,4-5,7-9,13H2,1H3,(H,14,15). The van der Waals surface area contributed by atoms with Gasteiger partial charge in [-0.05, 0) is 25.2 Å². The van der Waals surface area contributed by atoms with E-state index in [1.54, 1.807) is 0 Å². The van der Waals surface area contributed by atoms with Crippen LogP contribution < -0.4 is 11.1 Å². The van der Waals surface area contributed by atoms with Crippen LogP contribution in [0.2, 0.25) is 0 Å². The number of nitrogens with one attached hydrogen (secondary N) is 1. The topological polar surface area (TPSA) is 55.1 Å². The maximum atomic E-state index is 11.6. The second kappa shape index (κ2) is 6.62. The molecule has 0 heterocycles. The number of rotatable bonds is 6. The maximum Gasteiger partial charge on any atom is 0.220 e. The van der Waals surface area contributed by atoms with E-state index in [1.807, 2.05) is 0 Å². The smallest absolute Gasteiger partial charge is 0.220 e. The molecule has 0 aromatic rings.